The topological polar surface area (TPSA) is 32.3 Å². The predicted molar refractivity (Wildman–Crippen MR) is 87.7 cm³/mol. The molecular formula is C19H26N2O. The van der Waals surface area contributed by atoms with Crippen LogP contribution in [0.3, 0.4) is 0 Å². The van der Waals surface area contributed by atoms with E-state index in [-0.39, 0.29) is 11.4 Å². The van der Waals surface area contributed by atoms with Gasteiger partial charge in [0.15, 0.2) is 0 Å². The molecule has 0 bridgehead atoms. The number of amides is 1. The van der Waals surface area contributed by atoms with Gasteiger partial charge in [0.2, 0.25) is 5.91 Å². The smallest absolute Gasteiger partial charge is 0.220 e. The molecule has 4 rings (SSSR count). The SMILES string of the molecule is O=C1CCC[C@]2(CN(CC3CCC3)C[C@H]2c2ccccc2)N1. The van der Waals surface area contributed by atoms with Crippen molar-refractivity contribution >= 4 is 5.91 Å². The van der Waals surface area contributed by atoms with E-state index < -0.39 is 0 Å². The number of hydrogen-bond donors (Lipinski definition) is 1. The molecular weight excluding hydrogens is 272 g/mol. The third-order valence-corrected chi connectivity index (χ3v) is 5.97. The lowest BCUT2D eigenvalue weighted by Gasteiger charge is -2.39. The number of nitrogens with zero attached hydrogens (tertiary/aromatic N) is 1. The minimum Gasteiger partial charge on any atom is -0.349 e. The fourth-order valence-electron chi connectivity index (χ4n) is 4.64. The zero-order valence-electron chi connectivity index (χ0n) is 13.3. The molecule has 3 aliphatic rings. The van der Waals surface area contributed by atoms with E-state index in [9.17, 15) is 4.79 Å². The molecule has 3 heteroatoms. The van der Waals surface area contributed by atoms with E-state index in [1.54, 1.807) is 0 Å². The van der Waals surface area contributed by atoms with Gasteiger partial charge in [0, 0.05) is 32.0 Å². The Hall–Kier alpha value is -1.35. The van der Waals surface area contributed by atoms with Gasteiger partial charge in [-0.15, -0.1) is 0 Å². The van der Waals surface area contributed by atoms with Crippen LogP contribution in [0.2, 0.25) is 0 Å². The van der Waals surface area contributed by atoms with Crippen molar-refractivity contribution in [1.82, 2.24) is 10.2 Å². The Morgan fingerprint density at radius 2 is 2.00 bits per heavy atom. The second-order valence-electron chi connectivity index (χ2n) is 7.51. The van der Waals surface area contributed by atoms with Crippen molar-refractivity contribution in [3.8, 4) is 0 Å². The van der Waals surface area contributed by atoms with E-state index in [1.807, 2.05) is 0 Å². The Morgan fingerprint density at radius 1 is 1.18 bits per heavy atom. The Kier molecular flexibility index (Phi) is 3.69. The minimum atomic E-state index is -0.0273. The monoisotopic (exact) mass is 298 g/mol. The number of carbonyl (C=O) groups is 1. The van der Waals surface area contributed by atoms with E-state index in [1.165, 1.54) is 31.4 Å². The predicted octanol–water partition coefficient (Wildman–Crippen LogP) is 2.92. The number of carbonyl (C=O) groups excluding carboxylic acids is 1. The van der Waals surface area contributed by atoms with Crippen molar-refractivity contribution in [1.29, 1.82) is 0 Å². The van der Waals surface area contributed by atoms with E-state index in [0.29, 0.717) is 12.3 Å². The molecule has 22 heavy (non-hydrogen) atoms. The second-order valence-corrected chi connectivity index (χ2v) is 7.51. The molecule has 1 saturated carbocycles. The molecule has 1 N–H and O–H groups in total. The molecule has 118 valence electrons. The summed E-state index contributed by atoms with van der Waals surface area (Å²) in [7, 11) is 0. The highest BCUT2D eigenvalue weighted by molar-refractivity contribution is 5.78. The minimum absolute atomic E-state index is 0.0273. The molecule has 2 heterocycles. The third-order valence-electron chi connectivity index (χ3n) is 5.97. The lowest BCUT2D eigenvalue weighted by Crippen LogP contribution is -2.56. The van der Waals surface area contributed by atoms with E-state index >= 15 is 0 Å². The Bertz CT molecular complexity index is 540. The van der Waals surface area contributed by atoms with Crippen LogP contribution in [0, 0.1) is 5.92 Å². The van der Waals surface area contributed by atoms with Crippen molar-refractivity contribution < 1.29 is 4.79 Å². The first-order valence-electron chi connectivity index (χ1n) is 8.83. The highest BCUT2D eigenvalue weighted by atomic mass is 16.1. The van der Waals surface area contributed by atoms with Gasteiger partial charge < -0.3 is 10.2 Å². The molecule has 1 aromatic rings. The van der Waals surface area contributed by atoms with Crippen molar-refractivity contribution in [3.05, 3.63) is 35.9 Å². The molecule has 0 radical (unpaired) electrons. The molecule has 3 nitrogen and oxygen atoms in total. The molecule has 2 aliphatic heterocycles. The Morgan fingerprint density at radius 3 is 2.68 bits per heavy atom. The molecule has 3 fully saturated rings. The summed E-state index contributed by atoms with van der Waals surface area (Å²) in [6, 6.07) is 10.8. The third kappa shape index (κ3) is 2.56. The van der Waals surface area contributed by atoms with Crippen LogP contribution in [0.25, 0.3) is 0 Å². The van der Waals surface area contributed by atoms with Gasteiger partial charge in [-0.1, -0.05) is 36.8 Å². The zero-order chi connectivity index (χ0) is 15.0. The summed E-state index contributed by atoms with van der Waals surface area (Å²) in [5.74, 6) is 1.58. The molecule has 1 amide bonds. The first kappa shape index (κ1) is 14.3. The number of benzene rings is 1. The average molecular weight is 298 g/mol. The summed E-state index contributed by atoms with van der Waals surface area (Å²) < 4.78 is 0. The summed E-state index contributed by atoms with van der Waals surface area (Å²) in [5.41, 5.74) is 1.36. The van der Waals surface area contributed by atoms with Gasteiger partial charge in [0.05, 0.1) is 5.54 Å². The van der Waals surface area contributed by atoms with Crippen LogP contribution in [-0.2, 0) is 4.79 Å². The van der Waals surface area contributed by atoms with Crippen molar-refractivity contribution in [2.75, 3.05) is 19.6 Å². The molecule has 2 atom stereocenters. The van der Waals surface area contributed by atoms with Crippen LogP contribution >= 0.6 is 0 Å². The first-order chi connectivity index (χ1) is 10.8. The summed E-state index contributed by atoms with van der Waals surface area (Å²) in [5, 5.41) is 3.40. The van der Waals surface area contributed by atoms with Crippen LogP contribution in [0.1, 0.15) is 50.0 Å². The molecule has 1 aromatic carbocycles. The van der Waals surface area contributed by atoms with Gasteiger partial charge in [0.25, 0.3) is 0 Å². The van der Waals surface area contributed by atoms with Crippen LogP contribution in [-0.4, -0.2) is 36.0 Å². The maximum absolute atomic E-state index is 12.1. The van der Waals surface area contributed by atoms with Gasteiger partial charge in [-0.3, -0.25) is 4.79 Å². The maximum Gasteiger partial charge on any atom is 0.220 e. The first-order valence-corrected chi connectivity index (χ1v) is 8.83. The van der Waals surface area contributed by atoms with Gasteiger partial charge in [0.1, 0.15) is 0 Å². The number of nitrogens with one attached hydrogen (secondary N) is 1. The van der Waals surface area contributed by atoms with E-state index in [0.717, 1.165) is 31.8 Å². The molecule has 0 unspecified atom stereocenters. The Balaban J connectivity index is 1.59. The maximum atomic E-state index is 12.1. The van der Waals surface area contributed by atoms with Gasteiger partial charge >= 0.3 is 0 Å². The molecule has 2 saturated heterocycles. The molecule has 1 spiro atoms. The van der Waals surface area contributed by atoms with Gasteiger partial charge in [-0.25, -0.2) is 0 Å². The van der Waals surface area contributed by atoms with Crippen LogP contribution in [0.15, 0.2) is 30.3 Å². The quantitative estimate of drug-likeness (QED) is 0.930. The van der Waals surface area contributed by atoms with E-state index in [4.69, 9.17) is 0 Å². The normalized spacial score (nSPS) is 32.9. The van der Waals surface area contributed by atoms with Crippen molar-refractivity contribution in [3.63, 3.8) is 0 Å². The van der Waals surface area contributed by atoms with Crippen LogP contribution in [0.4, 0.5) is 0 Å². The number of likely N-dealkylation sites (tertiary alicyclic amines) is 1. The number of piperidine rings is 1. The lowest BCUT2D eigenvalue weighted by atomic mass is 9.76. The highest BCUT2D eigenvalue weighted by Gasteiger charge is 2.49. The molecule has 0 aromatic heterocycles. The fraction of sp³-hybridized carbons (Fsp3) is 0.632. The van der Waals surface area contributed by atoms with Crippen LogP contribution < -0.4 is 5.32 Å². The number of rotatable bonds is 3. The average Bonchev–Trinajstić information content (AvgIpc) is 2.81. The van der Waals surface area contributed by atoms with Gasteiger partial charge in [-0.05, 0) is 37.2 Å². The van der Waals surface area contributed by atoms with E-state index in [2.05, 4.69) is 40.5 Å². The fourth-order valence-corrected chi connectivity index (χ4v) is 4.64. The summed E-state index contributed by atoms with van der Waals surface area (Å²) in [6.07, 6.45) is 7.05. The summed E-state index contributed by atoms with van der Waals surface area (Å²) in [6.45, 7) is 3.36. The number of hydrogen-bond acceptors (Lipinski definition) is 2. The van der Waals surface area contributed by atoms with Gasteiger partial charge in [-0.2, -0.15) is 0 Å². The summed E-state index contributed by atoms with van der Waals surface area (Å²) in [4.78, 5) is 14.7. The largest absolute Gasteiger partial charge is 0.349 e. The zero-order valence-corrected chi connectivity index (χ0v) is 13.3. The van der Waals surface area contributed by atoms with Crippen molar-refractivity contribution in [2.45, 2.75) is 50.0 Å². The second kappa shape index (κ2) is 5.69. The Labute approximate surface area is 133 Å². The molecule has 1 aliphatic carbocycles. The van der Waals surface area contributed by atoms with Crippen molar-refractivity contribution in [2.24, 2.45) is 5.92 Å². The van der Waals surface area contributed by atoms with Crippen LogP contribution in [0.5, 0.6) is 0 Å². The summed E-state index contributed by atoms with van der Waals surface area (Å²) >= 11 is 0. The lowest BCUT2D eigenvalue weighted by molar-refractivity contribution is -0.125. The standard InChI is InChI=1S/C19H26N2O/c22-18-10-5-11-19(20-18)14-21(12-15-6-4-7-15)13-17(19)16-8-2-1-3-9-16/h1-3,8-9,15,17H,4-7,10-14H2,(H,20,22)/t17-,19+/m0/s1. The highest BCUT2D eigenvalue weighted by Crippen LogP contribution is 2.42.